The predicted octanol–water partition coefficient (Wildman–Crippen LogP) is 10.7. The lowest BCUT2D eigenvalue weighted by atomic mass is 10.0. The van der Waals surface area contributed by atoms with Crippen LogP contribution in [0, 0.1) is 0 Å². The van der Waals surface area contributed by atoms with E-state index in [9.17, 15) is 4.79 Å². The SMILES string of the molecule is CCCCCCCCCCCCCCCOC(=O)OC(c1ccccc1)[N+]1(C)CCC=C(c2nsnc2OCCCCCC)C1. The number of likely N-dealkylation sites (N-methyl/N-ethyl adjacent to an activating group) is 1. The van der Waals surface area contributed by atoms with Crippen molar-refractivity contribution in [1.29, 1.82) is 0 Å². The van der Waals surface area contributed by atoms with Gasteiger partial charge in [0.05, 0.1) is 44.1 Å². The Hall–Kier alpha value is -2.45. The molecule has 1 aliphatic rings. The molecule has 2 unspecified atom stereocenters. The van der Waals surface area contributed by atoms with Crippen LogP contribution in [0.25, 0.3) is 5.57 Å². The average Bonchev–Trinajstić information content (AvgIpc) is 3.53. The Kier molecular flexibility index (Phi) is 18.2. The summed E-state index contributed by atoms with van der Waals surface area (Å²) >= 11 is 1.19. The summed E-state index contributed by atoms with van der Waals surface area (Å²) in [5.74, 6) is 0.616. The van der Waals surface area contributed by atoms with Crippen LogP contribution < -0.4 is 4.74 Å². The first kappa shape index (κ1) is 37.0. The first-order valence-electron chi connectivity index (χ1n) is 17.9. The molecule has 0 saturated heterocycles. The summed E-state index contributed by atoms with van der Waals surface area (Å²) in [5, 5.41) is 0. The second kappa shape index (κ2) is 22.1. The van der Waals surface area contributed by atoms with Crippen molar-refractivity contribution in [3.63, 3.8) is 0 Å². The number of hydrogen-bond donors (Lipinski definition) is 0. The highest BCUT2D eigenvalue weighted by Crippen LogP contribution is 2.37. The van der Waals surface area contributed by atoms with Crippen LogP contribution in [0.5, 0.6) is 5.88 Å². The molecular formula is C37H60N3O4S+. The Morgan fingerprint density at radius 2 is 1.38 bits per heavy atom. The zero-order valence-electron chi connectivity index (χ0n) is 28.5. The van der Waals surface area contributed by atoms with Crippen molar-refractivity contribution < 1.29 is 23.5 Å². The van der Waals surface area contributed by atoms with E-state index in [1.807, 2.05) is 30.3 Å². The number of carbonyl (C=O) groups excluding carboxylic acids is 1. The quantitative estimate of drug-likeness (QED) is 0.0644. The molecule has 0 N–H and O–H groups in total. The van der Waals surface area contributed by atoms with Gasteiger partial charge in [0.15, 0.2) is 0 Å². The van der Waals surface area contributed by atoms with Gasteiger partial charge in [0.1, 0.15) is 12.2 Å². The second-order valence-electron chi connectivity index (χ2n) is 12.9. The van der Waals surface area contributed by atoms with Gasteiger partial charge in [-0.15, -0.1) is 4.37 Å². The largest absolute Gasteiger partial charge is 0.513 e. The molecule has 1 aliphatic heterocycles. The molecule has 2 heterocycles. The van der Waals surface area contributed by atoms with Gasteiger partial charge >= 0.3 is 6.16 Å². The minimum absolute atomic E-state index is 0.399. The molecule has 1 aromatic carbocycles. The number of rotatable bonds is 24. The van der Waals surface area contributed by atoms with E-state index in [-0.39, 0.29) is 0 Å². The maximum atomic E-state index is 13.0. The Morgan fingerprint density at radius 1 is 0.800 bits per heavy atom. The van der Waals surface area contributed by atoms with Crippen molar-refractivity contribution >= 4 is 23.5 Å². The maximum absolute atomic E-state index is 13.0. The highest BCUT2D eigenvalue weighted by atomic mass is 32.1. The lowest BCUT2D eigenvalue weighted by Crippen LogP contribution is -2.51. The van der Waals surface area contributed by atoms with E-state index in [2.05, 4.69) is 35.7 Å². The molecule has 0 radical (unpaired) electrons. The molecule has 8 heteroatoms. The van der Waals surface area contributed by atoms with Crippen LogP contribution in [-0.2, 0) is 9.47 Å². The summed E-state index contributed by atoms with van der Waals surface area (Å²) < 4.78 is 27.3. The molecule has 7 nitrogen and oxygen atoms in total. The van der Waals surface area contributed by atoms with Crippen molar-refractivity contribution in [3.05, 3.63) is 47.7 Å². The van der Waals surface area contributed by atoms with E-state index in [0.29, 0.717) is 30.1 Å². The number of benzene rings is 1. The minimum atomic E-state index is -0.593. The van der Waals surface area contributed by atoms with Crippen LogP contribution in [-0.4, -0.2) is 52.7 Å². The van der Waals surface area contributed by atoms with Gasteiger partial charge < -0.3 is 14.2 Å². The van der Waals surface area contributed by atoms with Gasteiger partial charge in [-0.3, -0.25) is 4.48 Å². The van der Waals surface area contributed by atoms with Crippen LogP contribution in [0.2, 0.25) is 0 Å². The third-order valence-corrected chi connectivity index (χ3v) is 9.40. The number of aromatic nitrogens is 2. The molecule has 0 spiro atoms. The van der Waals surface area contributed by atoms with Crippen molar-refractivity contribution in [2.24, 2.45) is 0 Å². The van der Waals surface area contributed by atoms with Crippen LogP contribution in [0.4, 0.5) is 4.79 Å². The minimum Gasteiger partial charge on any atom is -0.475 e. The number of unbranched alkanes of at least 4 members (excludes halogenated alkanes) is 15. The molecule has 0 saturated carbocycles. The molecule has 252 valence electrons. The fraction of sp³-hybridized carbons (Fsp3) is 0.703. The third-order valence-electron chi connectivity index (χ3n) is 8.89. The van der Waals surface area contributed by atoms with Gasteiger partial charge in [-0.05, 0) is 25.0 Å². The molecule has 1 aromatic heterocycles. The van der Waals surface area contributed by atoms with Gasteiger partial charge in [0, 0.05) is 12.0 Å². The summed E-state index contributed by atoms with van der Waals surface area (Å²) in [6.45, 7) is 7.02. The Morgan fingerprint density at radius 3 is 2.02 bits per heavy atom. The standard InChI is InChI=1S/C37H60N3O4S/c1-4-6-8-10-11-12-13-14-15-16-17-18-23-30-43-37(41)44-36(32-25-20-19-21-26-32)40(3)28-24-27-33(31-40)34-35(39-45-38-34)42-29-22-9-7-5-2/h19-21,25-27,36H,4-18,22-24,28-31H2,1-3H3/q+1. The van der Waals surface area contributed by atoms with E-state index in [4.69, 9.17) is 14.2 Å². The van der Waals surface area contributed by atoms with Crippen LogP contribution in [0.15, 0.2) is 36.4 Å². The van der Waals surface area contributed by atoms with E-state index < -0.39 is 12.4 Å². The van der Waals surface area contributed by atoms with Crippen molar-refractivity contribution in [3.8, 4) is 5.88 Å². The molecule has 0 aliphatic carbocycles. The van der Waals surface area contributed by atoms with Gasteiger partial charge in [-0.2, -0.15) is 4.37 Å². The van der Waals surface area contributed by atoms with Crippen LogP contribution in [0.3, 0.4) is 0 Å². The van der Waals surface area contributed by atoms with E-state index in [1.54, 1.807) is 0 Å². The number of carbonyl (C=O) groups is 1. The van der Waals surface area contributed by atoms with Crippen molar-refractivity contribution in [2.45, 2.75) is 136 Å². The third kappa shape index (κ3) is 13.8. The lowest BCUT2D eigenvalue weighted by Gasteiger charge is -2.42. The van der Waals surface area contributed by atoms with Crippen LogP contribution in [0.1, 0.15) is 147 Å². The second-order valence-corrected chi connectivity index (χ2v) is 13.5. The normalized spacial score (nSPS) is 17.1. The highest BCUT2D eigenvalue weighted by Gasteiger charge is 2.41. The summed E-state index contributed by atoms with van der Waals surface area (Å²) in [4.78, 5) is 13.0. The van der Waals surface area contributed by atoms with E-state index in [1.165, 1.54) is 95.2 Å². The zero-order valence-corrected chi connectivity index (χ0v) is 29.3. The summed E-state index contributed by atoms with van der Waals surface area (Å²) in [7, 11) is 2.15. The van der Waals surface area contributed by atoms with Gasteiger partial charge in [0.2, 0.25) is 0 Å². The number of hydrogen-bond acceptors (Lipinski definition) is 7. The summed E-state index contributed by atoms with van der Waals surface area (Å²) in [6, 6.07) is 10.0. The first-order chi connectivity index (χ1) is 22.1. The predicted molar refractivity (Wildman–Crippen MR) is 185 cm³/mol. The van der Waals surface area contributed by atoms with Crippen molar-refractivity contribution in [1.82, 2.24) is 8.75 Å². The van der Waals surface area contributed by atoms with E-state index >= 15 is 0 Å². The number of quaternary nitrogens is 1. The Bertz CT molecular complexity index is 1090. The zero-order chi connectivity index (χ0) is 32.0. The highest BCUT2D eigenvalue weighted by molar-refractivity contribution is 6.99. The molecule has 0 bridgehead atoms. The molecule has 2 atom stereocenters. The Balaban J connectivity index is 1.44. The molecule has 3 rings (SSSR count). The topological polar surface area (TPSA) is 70.5 Å². The monoisotopic (exact) mass is 642 g/mol. The summed E-state index contributed by atoms with van der Waals surface area (Å²) in [6.07, 6.45) is 23.3. The van der Waals surface area contributed by atoms with Gasteiger partial charge in [0.25, 0.3) is 12.1 Å². The lowest BCUT2D eigenvalue weighted by molar-refractivity contribution is -0.953. The van der Waals surface area contributed by atoms with Gasteiger partial charge in [-0.1, -0.05) is 134 Å². The molecule has 0 amide bonds. The average molecular weight is 643 g/mol. The number of nitrogens with zero attached hydrogens (tertiary/aromatic N) is 3. The Labute approximate surface area is 277 Å². The fourth-order valence-electron chi connectivity index (χ4n) is 6.18. The maximum Gasteiger partial charge on any atom is 0.513 e. The van der Waals surface area contributed by atoms with Gasteiger partial charge in [-0.25, -0.2) is 4.79 Å². The molecule has 45 heavy (non-hydrogen) atoms. The fourth-order valence-corrected chi connectivity index (χ4v) is 6.71. The molecular weight excluding hydrogens is 582 g/mol. The van der Waals surface area contributed by atoms with Crippen LogP contribution >= 0.6 is 11.7 Å². The number of ether oxygens (including phenoxy) is 3. The molecule has 2 aromatic rings. The smallest absolute Gasteiger partial charge is 0.475 e. The first-order valence-corrected chi connectivity index (χ1v) is 18.7. The van der Waals surface area contributed by atoms with Crippen molar-refractivity contribution in [2.75, 3.05) is 33.4 Å². The molecule has 0 fully saturated rings. The van der Waals surface area contributed by atoms with E-state index in [0.717, 1.165) is 55.5 Å². The summed E-state index contributed by atoms with van der Waals surface area (Å²) in [5.41, 5.74) is 2.87.